The molecule has 23 heavy (non-hydrogen) atoms. The van der Waals surface area contributed by atoms with Gasteiger partial charge in [0.25, 0.3) is 0 Å². The van der Waals surface area contributed by atoms with Crippen molar-refractivity contribution in [3.63, 3.8) is 0 Å². The van der Waals surface area contributed by atoms with Crippen molar-refractivity contribution in [3.05, 3.63) is 35.4 Å². The van der Waals surface area contributed by atoms with Crippen molar-refractivity contribution < 1.29 is 9.59 Å². The Morgan fingerprint density at radius 1 is 1.35 bits per heavy atom. The second-order valence-electron chi connectivity index (χ2n) is 6.71. The number of hydrogen-bond donors (Lipinski definition) is 2. The van der Waals surface area contributed by atoms with E-state index in [9.17, 15) is 9.59 Å². The van der Waals surface area contributed by atoms with E-state index in [4.69, 9.17) is 0 Å². The molecule has 0 bridgehead atoms. The molecule has 1 unspecified atom stereocenters. The Morgan fingerprint density at radius 2 is 2.13 bits per heavy atom. The van der Waals surface area contributed by atoms with Crippen molar-refractivity contribution in [1.29, 1.82) is 0 Å². The second kappa shape index (κ2) is 7.13. The van der Waals surface area contributed by atoms with Crippen LogP contribution in [0.2, 0.25) is 0 Å². The zero-order valence-electron chi connectivity index (χ0n) is 13.7. The fraction of sp³-hybridized carbons (Fsp3) is 0.556. The number of nitrogens with one attached hydrogen (secondary N) is 2. The molecule has 5 heteroatoms. The minimum atomic E-state index is -0.213. The third-order valence-corrected chi connectivity index (χ3v) is 4.72. The molecule has 1 aromatic carbocycles. The maximum absolute atomic E-state index is 12.4. The van der Waals surface area contributed by atoms with E-state index in [1.807, 2.05) is 19.1 Å². The zero-order chi connectivity index (χ0) is 16.2. The van der Waals surface area contributed by atoms with Gasteiger partial charge >= 0.3 is 0 Å². The number of piperidine rings is 1. The summed E-state index contributed by atoms with van der Waals surface area (Å²) < 4.78 is 0. The van der Waals surface area contributed by atoms with Crippen LogP contribution in [0.25, 0.3) is 0 Å². The maximum atomic E-state index is 12.4. The molecular weight excluding hydrogens is 290 g/mol. The van der Waals surface area contributed by atoms with Crippen LogP contribution in [0.4, 0.5) is 0 Å². The number of nitrogens with zero attached hydrogens (tertiary/aromatic N) is 1. The first-order valence-corrected chi connectivity index (χ1v) is 8.46. The second-order valence-corrected chi connectivity index (χ2v) is 6.71. The first kappa shape index (κ1) is 16.0. The van der Waals surface area contributed by atoms with E-state index in [1.54, 1.807) is 4.90 Å². The predicted molar refractivity (Wildman–Crippen MR) is 88.7 cm³/mol. The Kier molecular flexibility index (Phi) is 4.96. The molecule has 0 aromatic heterocycles. The van der Waals surface area contributed by atoms with Crippen molar-refractivity contribution >= 4 is 11.8 Å². The minimum Gasteiger partial charge on any atom is -0.352 e. The van der Waals surface area contributed by atoms with Crippen molar-refractivity contribution in [2.45, 2.75) is 38.8 Å². The van der Waals surface area contributed by atoms with E-state index in [1.165, 1.54) is 5.56 Å². The lowest BCUT2D eigenvalue weighted by atomic mass is 10.0. The number of carbonyl (C=O) groups is 2. The largest absolute Gasteiger partial charge is 0.352 e. The van der Waals surface area contributed by atoms with Gasteiger partial charge in [-0.1, -0.05) is 29.8 Å². The Bertz CT molecular complexity index is 564. The van der Waals surface area contributed by atoms with E-state index < -0.39 is 0 Å². The van der Waals surface area contributed by atoms with Crippen LogP contribution in [0, 0.1) is 12.8 Å². The highest BCUT2D eigenvalue weighted by atomic mass is 16.2. The Morgan fingerprint density at radius 3 is 2.83 bits per heavy atom. The Labute approximate surface area is 137 Å². The smallest absolute Gasteiger partial charge is 0.225 e. The summed E-state index contributed by atoms with van der Waals surface area (Å²) in [6.07, 6.45) is 2.44. The van der Waals surface area contributed by atoms with Gasteiger partial charge in [-0.05, 0) is 31.9 Å². The molecule has 2 N–H and O–H groups in total. The van der Waals surface area contributed by atoms with E-state index in [0.29, 0.717) is 19.5 Å². The van der Waals surface area contributed by atoms with Crippen LogP contribution in [0.1, 0.15) is 30.4 Å². The molecule has 1 aromatic rings. The van der Waals surface area contributed by atoms with Gasteiger partial charge in [-0.25, -0.2) is 0 Å². The van der Waals surface area contributed by atoms with Crippen molar-refractivity contribution in [2.75, 3.05) is 19.6 Å². The summed E-state index contributed by atoms with van der Waals surface area (Å²) in [5.74, 6) is -0.110. The summed E-state index contributed by atoms with van der Waals surface area (Å²) in [5, 5.41) is 6.39. The highest BCUT2D eigenvalue weighted by Crippen LogP contribution is 2.21. The van der Waals surface area contributed by atoms with E-state index in [-0.39, 0.29) is 23.8 Å². The molecule has 0 radical (unpaired) electrons. The molecule has 2 aliphatic rings. The summed E-state index contributed by atoms with van der Waals surface area (Å²) in [7, 11) is 0. The fourth-order valence-electron chi connectivity index (χ4n) is 3.31. The summed E-state index contributed by atoms with van der Waals surface area (Å²) >= 11 is 0. The van der Waals surface area contributed by atoms with Gasteiger partial charge in [0, 0.05) is 32.1 Å². The molecule has 3 rings (SSSR count). The first-order valence-electron chi connectivity index (χ1n) is 8.46. The molecule has 0 spiro atoms. The fourth-order valence-corrected chi connectivity index (χ4v) is 3.31. The monoisotopic (exact) mass is 315 g/mol. The van der Waals surface area contributed by atoms with Crippen molar-refractivity contribution in [2.24, 2.45) is 5.92 Å². The van der Waals surface area contributed by atoms with Gasteiger partial charge in [0.05, 0.1) is 5.92 Å². The van der Waals surface area contributed by atoms with E-state index in [0.717, 1.165) is 31.5 Å². The summed E-state index contributed by atoms with van der Waals surface area (Å²) in [6.45, 7) is 5.02. The van der Waals surface area contributed by atoms with Crippen LogP contribution in [0.3, 0.4) is 0 Å². The lowest BCUT2D eigenvalue weighted by molar-refractivity contribution is -0.129. The van der Waals surface area contributed by atoms with Crippen LogP contribution in [0.5, 0.6) is 0 Å². The quantitative estimate of drug-likeness (QED) is 0.878. The molecule has 2 saturated heterocycles. The lowest BCUT2D eigenvalue weighted by Crippen LogP contribution is -2.47. The number of benzene rings is 1. The number of carbonyl (C=O) groups excluding carboxylic acids is 2. The topological polar surface area (TPSA) is 61.4 Å². The molecule has 2 atom stereocenters. The van der Waals surface area contributed by atoms with Gasteiger partial charge < -0.3 is 15.5 Å². The molecule has 2 aliphatic heterocycles. The number of hydrogen-bond acceptors (Lipinski definition) is 3. The third kappa shape index (κ3) is 4.10. The highest BCUT2D eigenvalue weighted by molar-refractivity contribution is 5.89. The molecule has 124 valence electrons. The number of amides is 2. The van der Waals surface area contributed by atoms with Crippen LogP contribution in [0.15, 0.2) is 24.3 Å². The molecule has 2 amide bonds. The van der Waals surface area contributed by atoms with Gasteiger partial charge in [0.15, 0.2) is 0 Å². The van der Waals surface area contributed by atoms with Gasteiger partial charge in [-0.2, -0.15) is 0 Å². The number of likely N-dealkylation sites (tertiary alicyclic amines) is 1. The third-order valence-electron chi connectivity index (χ3n) is 4.72. The standard InChI is InChI=1S/C18H25N3O2/c1-13-4-6-14(7-5-13)11-21-12-15(9-17(21)22)18(23)20-16-3-2-8-19-10-16/h4-7,15-16,19H,2-3,8-12H2,1H3,(H,20,23)/t15?,16-/m0/s1. The molecule has 0 aliphatic carbocycles. The van der Waals surface area contributed by atoms with E-state index >= 15 is 0 Å². The normalized spacial score (nSPS) is 24.7. The lowest BCUT2D eigenvalue weighted by Gasteiger charge is -2.25. The Hall–Kier alpha value is -1.88. The molecule has 5 nitrogen and oxygen atoms in total. The predicted octanol–water partition coefficient (Wildman–Crippen LogP) is 1.21. The van der Waals surface area contributed by atoms with Gasteiger partial charge in [0.1, 0.15) is 0 Å². The van der Waals surface area contributed by atoms with Crippen LogP contribution in [-0.4, -0.2) is 42.4 Å². The van der Waals surface area contributed by atoms with Crippen LogP contribution >= 0.6 is 0 Å². The molecular formula is C18H25N3O2. The van der Waals surface area contributed by atoms with Gasteiger partial charge in [-0.3, -0.25) is 9.59 Å². The van der Waals surface area contributed by atoms with E-state index in [2.05, 4.69) is 22.8 Å². The zero-order valence-corrected chi connectivity index (χ0v) is 13.7. The van der Waals surface area contributed by atoms with Crippen LogP contribution < -0.4 is 10.6 Å². The molecule has 0 saturated carbocycles. The van der Waals surface area contributed by atoms with Crippen molar-refractivity contribution in [3.8, 4) is 0 Å². The maximum Gasteiger partial charge on any atom is 0.225 e. The summed E-state index contributed by atoms with van der Waals surface area (Å²) in [5.41, 5.74) is 2.32. The van der Waals surface area contributed by atoms with Crippen LogP contribution in [-0.2, 0) is 16.1 Å². The summed E-state index contributed by atoms with van der Waals surface area (Å²) in [4.78, 5) is 26.4. The Balaban J connectivity index is 1.54. The SMILES string of the molecule is Cc1ccc(CN2CC(C(=O)N[C@H]3CCCNC3)CC2=O)cc1. The van der Waals surface area contributed by atoms with Crippen molar-refractivity contribution in [1.82, 2.24) is 15.5 Å². The number of aryl methyl sites for hydroxylation is 1. The highest BCUT2D eigenvalue weighted by Gasteiger charge is 2.35. The minimum absolute atomic E-state index is 0.0263. The summed E-state index contributed by atoms with van der Waals surface area (Å²) in [6, 6.07) is 8.40. The van der Waals surface area contributed by atoms with Gasteiger partial charge in [-0.15, -0.1) is 0 Å². The van der Waals surface area contributed by atoms with Gasteiger partial charge in [0.2, 0.25) is 11.8 Å². The average Bonchev–Trinajstić information content (AvgIpc) is 2.92. The number of rotatable bonds is 4. The average molecular weight is 315 g/mol. The first-order chi connectivity index (χ1) is 11.1. The molecule has 2 fully saturated rings. The molecule has 2 heterocycles.